The predicted molar refractivity (Wildman–Crippen MR) is 108 cm³/mol. The van der Waals surface area contributed by atoms with Crippen LogP contribution in [0.4, 0.5) is 13.2 Å². The van der Waals surface area contributed by atoms with Crippen LogP contribution in [0.25, 0.3) is 16.8 Å². The van der Waals surface area contributed by atoms with Crippen molar-refractivity contribution in [2.45, 2.75) is 12.7 Å². The average molecular weight is 426 g/mol. The monoisotopic (exact) mass is 426 g/mol. The molecule has 2 aromatic heterocycles. The molecule has 0 aliphatic heterocycles. The van der Waals surface area contributed by atoms with E-state index in [0.29, 0.717) is 4.52 Å². The minimum Gasteiger partial charge on any atom is -0.337 e. The number of nitrogens with one attached hydrogen (secondary N) is 1. The number of alkyl halides is 3. The van der Waals surface area contributed by atoms with E-state index in [1.807, 2.05) is 30.3 Å². The van der Waals surface area contributed by atoms with Gasteiger partial charge in [0.1, 0.15) is 11.3 Å². The molecule has 6 nitrogen and oxygen atoms in total. The molecule has 0 bridgehead atoms. The van der Waals surface area contributed by atoms with Gasteiger partial charge < -0.3 is 4.90 Å². The lowest BCUT2D eigenvalue weighted by Crippen LogP contribution is -2.33. The van der Waals surface area contributed by atoms with E-state index in [-0.39, 0.29) is 28.9 Å². The summed E-state index contributed by atoms with van der Waals surface area (Å²) in [7, 11) is 1.51. The smallest absolute Gasteiger partial charge is 0.337 e. The van der Waals surface area contributed by atoms with Crippen molar-refractivity contribution >= 4 is 11.6 Å². The van der Waals surface area contributed by atoms with E-state index in [2.05, 4.69) is 10.1 Å². The fourth-order valence-corrected chi connectivity index (χ4v) is 3.38. The second-order valence-electron chi connectivity index (χ2n) is 7.01. The Balaban J connectivity index is 1.81. The summed E-state index contributed by atoms with van der Waals surface area (Å²) in [6, 6.07) is 17.0. The lowest BCUT2D eigenvalue weighted by Gasteiger charge is -2.16. The van der Waals surface area contributed by atoms with Crippen LogP contribution in [0.3, 0.4) is 0 Å². The highest BCUT2D eigenvalue weighted by atomic mass is 19.4. The van der Waals surface area contributed by atoms with Crippen LogP contribution in [0.2, 0.25) is 0 Å². The molecule has 0 saturated heterocycles. The molecular formula is C22H17F3N4O2. The predicted octanol–water partition coefficient (Wildman–Crippen LogP) is 3.98. The summed E-state index contributed by atoms with van der Waals surface area (Å²) in [5.41, 5.74) is -1.69. The zero-order valence-corrected chi connectivity index (χ0v) is 16.3. The highest BCUT2D eigenvalue weighted by Crippen LogP contribution is 2.37. The molecule has 0 aliphatic carbocycles. The molecule has 0 aliphatic rings. The highest BCUT2D eigenvalue weighted by Gasteiger charge is 2.38. The third-order valence-electron chi connectivity index (χ3n) is 4.84. The highest BCUT2D eigenvalue weighted by molar-refractivity contribution is 5.94. The number of halogens is 3. The molecular weight excluding hydrogens is 409 g/mol. The van der Waals surface area contributed by atoms with Crippen molar-refractivity contribution in [3.05, 3.63) is 94.0 Å². The zero-order valence-electron chi connectivity index (χ0n) is 16.3. The Labute approximate surface area is 174 Å². The number of carbonyl (C=O) groups excluding carboxylic acids is 1. The van der Waals surface area contributed by atoms with Crippen molar-refractivity contribution in [1.82, 2.24) is 19.5 Å². The van der Waals surface area contributed by atoms with Gasteiger partial charge in [-0.15, -0.1) is 0 Å². The molecule has 4 rings (SSSR count). The number of amides is 1. The molecule has 158 valence electrons. The van der Waals surface area contributed by atoms with Gasteiger partial charge in [-0.05, 0) is 11.1 Å². The fourth-order valence-electron chi connectivity index (χ4n) is 3.38. The Morgan fingerprint density at radius 2 is 1.68 bits per heavy atom. The molecule has 1 amide bonds. The number of nitrogens with zero attached hydrogens (tertiary/aromatic N) is 3. The molecule has 4 aromatic rings. The quantitative estimate of drug-likeness (QED) is 0.537. The van der Waals surface area contributed by atoms with Gasteiger partial charge in [0.05, 0.1) is 5.56 Å². The number of aromatic amines is 1. The largest absolute Gasteiger partial charge is 0.433 e. The molecule has 0 fully saturated rings. The normalized spacial score (nSPS) is 11.6. The van der Waals surface area contributed by atoms with Gasteiger partial charge in [0.25, 0.3) is 11.5 Å². The van der Waals surface area contributed by atoms with Crippen molar-refractivity contribution in [2.24, 2.45) is 0 Å². The van der Waals surface area contributed by atoms with Gasteiger partial charge in [0.15, 0.2) is 5.65 Å². The average Bonchev–Trinajstić information content (AvgIpc) is 3.16. The first-order valence-corrected chi connectivity index (χ1v) is 9.33. The molecule has 0 unspecified atom stereocenters. The Bertz CT molecular complexity index is 1300. The maximum atomic E-state index is 13.7. The summed E-state index contributed by atoms with van der Waals surface area (Å²) in [4.78, 5) is 31.1. The van der Waals surface area contributed by atoms with E-state index < -0.39 is 23.3 Å². The number of rotatable bonds is 4. The Morgan fingerprint density at radius 1 is 1.06 bits per heavy atom. The van der Waals surface area contributed by atoms with Crippen LogP contribution >= 0.6 is 0 Å². The first-order valence-electron chi connectivity index (χ1n) is 9.33. The maximum Gasteiger partial charge on any atom is 0.433 e. The van der Waals surface area contributed by atoms with Crippen LogP contribution in [0, 0.1) is 0 Å². The van der Waals surface area contributed by atoms with Crippen molar-refractivity contribution in [2.75, 3.05) is 7.05 Å². The molecule has 9 heteroatoms. The van der Waals surface area contributed by atoms with E-state index in [1.165, 1.54) is 24.1 Å². The first-order chi connectivity index (χ1) is 14.8. The van der Waals surface area contributed by atoms with Gasteiger partial charge in [-0.1, -0.05) is 60.7 Å². The molecule has 0 radical (unpaired) electrons. The van der Waals surface area contributed by atoms with Crippen LogP contribution in [0.1, 0.15) is 21.6 Å². The molecule has 2 heterocycles. The number of hydrogen-bond donors (Lipinski definition) is 1. The Kier molecular flexibility index (Phi) is 5.10. The van der Waals surface area contributed by atoms with E-state index in [9.17, 15) is 22.8 Å². The van der Waals surface area contributed by atoms with E-state index in [1.54, 1.807) is 18.2 Å². The second kappa shape index (κ2) is 7.75. The van der Waals surface area contributed by atoms with Crippen molar-refractivity contribution in [3.63, 3.8) is 0 Å². The van der Waals surface area contributed by atoms with Crippen molar-refractivity contribution in [1.29, 1.82) is 0 Å². The van der Waals surface area contributed by atoms with Crippen molar-refractivity contribution < 1.29 is 18.0 Å². The van der Waals surface area contributed by atoms with Crippen LogP contribution in [0.15, 0.2) is 71.7 Å². The molecule has 0 saturated carbocycles. The van der Waals surface area contributed by atoms with Crippen LogP contribution < -0.4 is 5.56 Å². The molecule has 0 atom stereocenters. The van der Waals surface area contributed by atoms with Gasteiger partial charge in [0.2, 0.25) is 0 Å². The van der Waals surface area contributed by atoms with Gasteiger partial charge in [-0.25, -0.2) is 4.98 Å². The summed E-state index contributed by atoms with van der Waals surface area (Å²) < 4.78 is 41.7. The lowest BCUT2D eigenvalue weighted by atomic mass is 10.1. The third kappa shape index (κ3) is 3.81. The minimum absolute atomic E-state index is 0.203. The molecule has 31 heavy (non-hydrogen) atoms. The Morgan fingerprint density at radius 3 is 2.29 bits per heavy atom. The number of aromatic nitrogens is 3. The van der Waals surface area contributed by atoms with Crippen LogP contribution in [-0.2, 0) is 12.7 Å². The maximum absolute atomic E-state index is 13.7. The van der Waals surface area contributed by atoms with Crippen LogP contribution in [0.5, 0.6) is 0 Å². The number of H-pyrrole nitrogens is 1. The number of hydrogen-bond acceptors (Lipinski definition) is 3. The minimum atomic E-state index is -4.75. The zero-order chi connectivity index (χ0) is 22.2. The van der Waals surface area contributed by atoms with Gasteiger partial charge in [-0.3, -0.25) is 14.7 Å². The fraction of sp³-hybridized carbons (Fsp3) is 0.136. The molecule has 2 aromatic carbocycles. The summed E-state index contributed by atoms with van der Waals surface area (Å²) in [5.74, 6) is -0.639. The number of carbonyl (C=O) groups is 1. The summed E-state index contributed by atoms with van der Waals surface area (Å²) in [6.07, 6.45) is -3.72. The van der Waals surface area contributed by atoms with Gasteiger partial charge in [-0.2, -0.15) is 17.7 Å². The SMILES string of the molecule is CN(Cc1ccccc1)C(=O)c1cnc2c(-c3ccccc3)c(C(F)(F)F)[nH]n2c1=O. The van der Waals surface area contributed by atoms with E-state index in [0.717, 1.165) is 11.8 Å². The van der Waals surface area contributed by atoms with Crippen LogP contribution in [-0.4, -0.2) is 32.5 Å². The topological polar surface area (TPSA) is 70.5 Å². The number of benzene rings is 2. The van der Waals surface area contributed by atoms with Crippen molar-refractivity contribution in [3.8, 4) is 11.1 Å². The summed E-state index contributed by atoms with van der Waals surface area (Å²) in [6.45, 7) is 0.232. The van der Waals surface area contributed by atoms with E-state index in [4.69, 9.17) is 0 Å². The second-order valence-corrected chi connectivity index (χ2v) is 7.01. The molecule has 1 N–H and O–H groups in total. The summed E-state index contributed by atoms with van der Waals surface area (Å²) in [5, 5.41) is 2.10. The van der Waals surface area contributed by atoms with Gasteiger partial charge >= 0.3 is 6.18 Å². The summed E-state index contributed by atoms with van der Waals surface area (Å²) >= 11 is 0. The lowest BCUT2D eigenvalue weighted by molar-refractivity contribution is -0.140. The number of fused-ring (bicyclic) bond motifs is 1. The van der Waals surface area contributed by atoms with E-state index >= 15 is 0 Å². The standard InChI is InChI=1S/C22H17F3N4O2/c1-28(13-14-8-4-2-5-9-14)20(30)16-12-26-19-17(15-10-6-3-7-11-15)18(22(23,24)25)27-29(19)21(16)31/h2-12,27H,13H2,1H3. The third-order valence-corrected chi connectivity index (χ3v) is 4.84. The molecule has 0 spiro atoms. The van der Waals surface area contributed by atoms with Gasteiger partial charge in [0, 0.05) is 19.8 Å². The Hall–Kier alpha value is -3.88. The first kappa shape index (κ1) is 20.4.